The van der Waals surface area contributed by atoms with Crippen LogP contribution in [0.1, 0.15) is 42.6 Å². The van der Waals surface area contributed by atoms with Crippen LogP contribution in [0, 0.1) is 5.89 Å². The Kier molecular flexibility index (Phi) is 1.79. The number of hydrogen-bond donors (Lipinski definition) is 0. The lowest BCUT2D eigenvalue weighted by Crippen LogP contribution is -2.13. The van der Waals surface area contributed by atoms with Crippen LogP contribution in [0.15, 0.2) is 30.3 Å². The molecule has 0 amide bonds. The summed E-state index contributed by atoms with van der Waals surface area (Å²) in [6.07, 6.45) is -2.18. The maximum atomic E-state index is 11.0. The van der Waals surface area contributed by atoms with Crippen molar-refractivity contribution in [3.63, 3.8) is 0 Å². The van der Waals surface area contributed by atoms with Crippen molar-refractivity contribution in [3.8, 4) is 0 Å². The van der Waals surface area contributed by atoms with Gasteiger partial charge < -0.3 is 4.79 Å². The molecule has 1 aromatic rings. The van der Waals surface area contributed by atoms with Crippen LogP contribution >= 0.6 is 0 Å². The molecule has 0 aliphatic heterocycles. The Balaban J connectivity index is 2.33. The van der Waals surface area contributed by atoms with Crippen LogP contribution in [0.4, 0.5) is 0 Å². The molecule has 0 aromatic heterocycles. The fourth-order valence-electron chi connectivity index (χ4n) is 1.73. The summed E-state index contributed by atoms with van der Waals surface area (Å²) >= 11 is 0. The minimum atomic E-state index is -2.12. The maximum Gasteiger partial charge on any atom is 0.123 e. The molecule has 0 radical (unpaired) electrons. The molecule has 74 valence electrons. The van der Waals surface area contributed by atoms with Gasteiger partial charge in [0, 0.05) is 11.4 Å². The van der Waals surface area contributed by atoms with Crippen molar-refractivity contribution in [3.05, 3.63) is 35.9 Å². The molecular formula is C13H16O. The van der Waals surface area contributed by atoms with E-state index in [0.717, 1.165) is 5.56 Å². The first kappa shape index (κ1) is 5.69. The molecule has 3 atom stereocenters. The SMILES string of the molecule is [2H]C1[C@@H](c2ccccc2)CC[C@]([2H])(C=O)C1([2H])[2H]. The highest BCUT2D eigenvalue weighted by atomic mass is 16.1. The van der Waals surface area contributed by atoms with E-state index < -0.39 is 18.7 Å². The summed E-state index contributed by atoms with van der Waals surface area (Å²) in [5.74, 6) is -2.04. The predicted octanol–water partition coefficient (Wildman–Crippen LogP) is 3.16. The zero-order valence-corrected chi connectivity index (χ0v) is 7.94. The van der Waals surface area contributed by atoms with E-state index in [-0.39, 0.29) is 12.3 Å². The molecule has 1 aliphatic carbocycles. The van der Waals surface area contributed by atoms with Crippen LogP contribution in [0.25, 0.3) is 0 Å². The lowest BCUT2D eigenvalue weighted by atomic mass is 9.79. The number of hydrogen-bond acceptors (Lipinski definition) is 1. The third kappa shape index (κ3) is 2.03. The average Bonchev–Trinajstić information content (AvgIpc) is 2.38. The fourth-order valence-corrected chi connectivity index (χ4v) is 1.73. The average molecular weight is 192 g/mol. The number of rotatable bonds is 2. The van der Waals surface area contributed by atoms with Crippen molar-refractivity contribution in [1.82, 2.24) is 0 Å². The standard InChI is InChI=1S/C13H16O/c14-10-11-6-8-13(9-7-11)12-4-2-1-3-5-12/h1-5,10-11,13H,6-9H2/t11-,13-/i6D2,8D,11D/t8?,11-,13-/m1/s1. The molecule has 0 bridgehead atoms. The first-order valence-electron chi connectivity index (χ1n) is 6.93. The van der Waals surface area contributed by atoms with E-state index in [0.29, 0.717) is 12.7 Å². The van der Waals surface area contributed by atoms with Gasteiger partial charge in [0.2, 0.25) is 0 Å². The molecule has 0 heterocycles. The van der Waals surface area contributed by atoms with E-state index in [1.54, 1.807) is 0 Å². The molecule has 1 aromatic carbocycles. The van der Waals surface area contributed by atoms with Gasteiger partial charge in [0.15, 0.2) is 0 Å². The van der Waals surface area contributed by atoms with Gasteiger partial charge in [-0.25, -0.2) is 0 Å². The first-order valence-corrected chi connectivity index (χ1v) is 4.86. The molecule has 14 heavy (non-hydrogen) atoms. The Morgan fingerprint density at radius 3 is 2.86 bits per heavy atom. The highest BCUT2D eigenvalue weighted by Crippen LogP contribution is 2.34. The third-order valence-electron chi connectivity index (χ3n) is 2.56. The molecule has 0 spiro atoms. The second-order valence-corrected chi connectivity index (χ2v) is 3.51. The Labute approximate surface area is 90.8 Å². The van der Waals surface area contributed by atoms with E-state index >= 15 is 0 Å². The van der Waals surface area contributed by atoms with Crippen molar-refractivity contribution < 1.29 is 10.3 Å². The molecular weight excluding hydrogens is 172 g/mol. The van der Waals surface area contributed by atoms with E-state index in [1.807, 2.05) is 30.3 Å². The van der Waals surface area contributed by atoms with Gasteiger partial charge in [-0.2, -0.15) is 0 Å². The Morgan fingerprint density at radius 1 is 1.36 bits per heavy atom. The van der Waals surface area contributed by atoms with Gasteiger partial charge in [-0.05, 0) is 37.1 Å². The summed E-state index contributed by atoms with van der Waals surface area (Å²) in [7, 11) is 0. The molecule has 1 unspecified atom stereocenters. The van der Waals surface area contributed by atoms with Gasteiger partial charge in [0.25, 0.3) is 0 Å². The van der Waals surface area contributed by atoms with Gasteiger partial charge in [0.05, 0.1) is 0 Å². The topological polar surface area (TPSA) is 17.1 Å². The van der Waals surface area contributed by atoms with Crippen molar-refractivity contribution >= 4 is 6.29 Å². The zero-order valence-electron chi connectivity index (χ0n) is 11.9. The van der Waals surface area contributed by atoms with E-state index in [9.17, 15) is 4.79 Å². The second-order valence-electron chi connectivity index (χ2n) is 3.51. The highest BCUT2D eigenvalue weighted by molar-refractivity contribution is 5.53. The summed E-state index contributed by atoms with van der Waals surface area (Å²) in [6.45, 7) is 0. The third-order valence-corrected chi connectivity index (χ3v) is 2.56. The highest BCUT2D eigenvalue weighted by Gasteiger charge is 2.21. The summed E-state index contributed by atoms with van der Waals surface area (Å²) in [4.78, 5) is 11.0. The monoisotopic (exact) mass is 192 g/mol. The van der Waals surface area contributed by atoms with Crippen molar-refractivity contribution in [2.45, 2.75) is 31.5 Å². The minimum Gasteiger partial charge on any atom is -0.303 e. The lowest BCUT2D eigenvalue weighted by Gasteiger charge is -2.25. The maximum absolute atomic E-state index is 11.0. The minimum absolute atomic E-state index is 0.165. The Bertz CT molecular complexity index is 434. The molecule has 2 rings (SSSR count). The van der Waals surface area contributed by atoms with Crippen LogP contribution in [0.3, 0.4) is 0 Å². The van der Waals surface area contributed by atoms with Crippen molar-refractivity contribution in [2.75, 3.05) is 0 Å². The molecule has 1 aliphatic rings. The Morgan fingerprint density at radius 2 is 2.14 bits per heavy atom. The second kappa shape index (κ2) is 4.41. The van der Waals surface area contributed by atoms with E-state index in [1.165, 1.54) is 0 Å². The summed E-state index contributed by atoms with van der Waals surface area (Å²) in [5.41, 5.74) is 0.911. The van der Waals surface area contributed by atoms with Gasteiger partial charge in [-0.3, -0.25) is 0 Å². The number of benzene rings is 1. The smallest absolute Gasteiger partial charge is 0.123 e. The summed E-state index contributed by atoms with van der Waals surface area (Å²) in [5, 5.41) is 0. The lowest BCUT2D eigenvalue weighted by molar-refractivity contribution is -0.111. The molecule has 0 saturated heterocycles. The van der Waals surface area contributed by atoms with E-state index in [2.05, 4.69) is 0 Å². The predicted molar refractivity (Wildman–Crippen MR) is 57.2 cm³/mol. The normalized spacial score (nSPS) is 45.4. The largest absolute Gasteiger partial charge is 0.303 e. The molecule has 0 N–H and O–H groups in total. The first-order chi connectivity index (χ1) is 8.42. The number of aldehydes is 1. The van der Waals surface area contributed by atoms with Crippen LogP contribution in [-0.4, -0.2) is 6.29 Å². The quantitative estimate of drug-likeness (QED) is 0.658. The Hall–Kier alpha value is -1.11. The summed E-state index contributed by atoms with van der Waals surface area (Å²) in [6, 6.07) is 9.35. The van der Waals surface area contributed by atoms with Gasteiger partial charge in [0.1, 0.15) is 6.29 Å². The number of carbonyl (C=O) groups excluding carboxylic acids is 1. The van der Waals surface area contributed by atoms with E-state index in [4.69, 9.17) is 5.48 Å². The van der Waals surface area contributed by atoms with Crippen LogP contribution in [0.2, 0.25) is 0 Å². The van der Waals surface area contributed by atoms with Crippen LogP contribution in [0.5, 0.6) is 0 Å². The summed E-state index contributed by atoms with van der Waals surface area (Å²) < 4.78 is 31.8. The fraction of sp³-hybridized carbons (Fsp3) is 0.462. The molecule has 1 fully saturated rings. The van der Waals surface area contributed by atoms with Crippen molar-refractivity contribution in [2.24, 2.45) is 5.89 Å². The number of carbonyl (C=O) groups is 1. The molecule has 1 nitrogen and oxygen atoms in total. The van der Waals surface area contributed by atoms with Gasteiger partial charge in [-0.1, -0.05) is 30.3 Å². The van der Waals surface area contributed by atoms with Crippen LogP contribution < -0.4 is 0 Å². The van der Waals surface area contributed by atoms with Gasteiger partial charge in [-0.15, -0.1) is 0 Å². The van der Waals surface area contributed by atoms with Gasteiger partial charge >= 0.3 is 0 Å². The zero-order chi connectivity index (χ0) is 13.4. The van der Waals surface area contributed by atoms with Crippen molar-refractivity contribution in [1.29, 1.82) is 0 Å². The van der Waals surface area contributed by atoms with Crippen LogP contribution in [-0.2, 0) is 4.79 Å². The molecule has 1 heteroatoms. The molecule has 1 saturated carbocycles.